The minimum Gasteiger partial charge on any atom is -0.378 e. The minimum atomic E-state index is -0.487. The Labute approximate surface area is 105 Å². The molecular weight excluding hydrogens is 233 g/mol. The van der Waals surface area contributed by atoms with Crippen molar-refractivity contribution in [2.45, 2.75) is 32.9 Å². The van der Waals surface area contributed by atoms with Gasteiger partial charge in [0.25, 0.3) is 0 Å². The second-order valence-electron chi connectivity index (χ2n) is 5.05. The largest absolute Gasteiger partial charge is 0.378 e. The quantitative estimate of drug-likeness (QED) is 0.847. The first-order chi connectivity index (χ1) is 8.45. The van der Waals surface area contributed by atoms with Crippen LogP contribution < -0.4 is 5.32 Å². The first-order valence-corrected chi connectivity index (χ1v) is 5.72. The lowest BCUT2D eigenvalue weighted by Gasteiger charge is -2.17. The molecule has 0 aliphatic rings. The Bertz CT molecular complexity index is 512. The van der Waals surface area contributed by atoms with Crippen molar-refractivity contribution in [2.24, 2.45) is 0 Å². The summed E-state index contributed by atoms with van der Waals surface area (Å²) in [4.78, 5) is 3.57. The zero-order valence-electron chi connectivity index (χ0n) is 10.7. The highest BCUT2D eigenvalue weighted by Gasteiger charge is 2.14. The van der Waals surface area contributed by atoms with Gasteiger partial charge in [0.05, 0.1) is 30.2 Å². The van der Waals surface area contributed by atoms with Gasteiger partial charge in [0.15, 0.2) is 0 Å². The molecule has 96 valence electrons. The van der Waals surface area contributed by atoms with Crippen LogP contribution in [0.4, 0.5) is 10.1 Å². The molecule has 0 aromatic carbocycles. The second-order valence-corrected chi connectivity index (χ2v) is 5.05. The predicted molar refractivity (Wildman–Crippen MR) is 66.5 cm³/mol. The van der Waals surface area contributed by atoms with Gasteiger partial charge in [-0.05, 0) is 32.9 Å². The van der Waals surface area contributed by atoms with E-state index in [2.05, 4.69) is 41.4 Å². The molecule has 0 saturated carbocycles. The van der Waals surface area contributed by atoms with Crippen LogP contribution in [0.3, 0.4) is 0 Å². The van der Waals surface area contributed by atoms with Gasteiger partial charge in [0, 0.05) is 0 Å². The van der Waals surface area contributed by atoms with E-state index in [0.717, 1.165) is 11.4 Å². The van der Waals surface area contributed by atoms with E-state index < -0.39 is 5.95 Å². The number of anilines is 1. The standard InChI is InChI=1S/C12H16FN5/c1-12(2,3)18-8-10(16-17-18)7-14-9-4-5-11(13)15-6-9/h4-6,8,14H,7H2,1-3H3. The smallest absolute Gasteiger partial charge is 0.212 e. The van der Waals surface area contributed by atoms with Crippen molar-refractivity contribution in [3.63, 3.8) is 0 Å². The highest BCUT2D eigenvalue weighted by Crippen LogP contribution is 2.12. The summed E-state index contributed by atoms with van der Waals surface area (Å²) in [5, 5.41) is 11.2. The summed E-state index contributed by atoms with van der Waals surface area (Å²) in [5.74, 6) is -0.487. The summed E-state index contributed by atoms with van der Waals surface area (Å²) in [6.45, 7) is 6.71. The van der Waals surface area contributed by atoms with Crippen LogP contribution >= 0.6 is 0 Å². The van der Waals surface area contributed by atoms with Gasteiger partial charge >= 0.3 is 0 Å². The fourth-order valence-electron chi connectivity index (χ4n) is 1.38. The van der Waals surface area contributed by atoms with Gasteiger partial charge in [-0.1, -0.05) is 5.21 Å². The molecule has 0 unspecified atom stereocenters. The lowest BCUT2D eigenvalue weighted by Crippen LogP contribution is -2.22. The number of aromatic nitrogens is 4. The zero-order chi connectivity index (χ0) is 13.2. The maximum Gasteiger partial charge on any atom is 0.212 e. The number of pyridine rings is 1. The normalized spacial score (nSPS) is 11.6. The highest BCUT2D eigenvalue weighted by atomic mass is 19.1. The average molecular weight is 249 g/mol. The molecule has 0 bridgehead atoms. The number of halogens is 1. The van der Waals surface area contributed by atoms with E-state index in [1.807, 2.05) is 10.9 Å². The lowest BCUT2D eigenvalue weighted by molar-refractivity contribution is 0.347. The van der Waals surface area contributed by atoms with E-state index in [1.165, 1.54) is 12.3 Å². The SMILES string of the molecule is CC(C)(C)n1cc(CNc2ccc(F)nc2)nn1. The number of nitrogens with zero attached hydrogens (tertiary/aromatic N) is 4. The lowest BCUT2D eigenvalue weighted by atomic mass is 10.1. The van der Waals surface area contributed by atoms with Crippen molar-refractivity contribution < 1.29 is 4.39 Å². The Morgan fingerprint density at radius 2 is 2.11 bits per heavy atom. The Hall–Kier alpha value is -1.98. The summed E-state index contributed by atoms with van der Waals surface area (Å²) < 4.78 is 14.4. The van der Waals surface area contributed by atoms with Crippen molar-refractivity contribution in [3.8, 4) is 0 Å². The molecule has 0 atom stereocenters. The molecule has 0 aliphatic heterocycles. The van der Waals surface area contributed by atoms with Gasteiger partial charge in [0.2, 0.25) is 5.95 Å². The molecule has 5 nitrogen and oxygen atoms in total. The third kappa shape index (κ3) is 3.03. The number of hydrogen-bond acceptors (Lipinski definition) is 4. The molecule has 2 aromatic rings. The maximum absolute atomic E-state index is 12.6. The van der Waals surface area contributed by atoms with Crippen LogP contribution in [0.1, 0.15) is 26.5 Å². The summed E-state index contributed by atoms with van der Waals surface area (Å²) in [5.41, 5.74) is 1.50. The monoisotopic (exact) mass is 249 g/mol. The maximum atomic E-state index is 12.6. The molecule has 18 heavy (non-hydrogen) atoms. The van der Waals surface area contributed by atoms with Crippen LogP contribution in [0.25, 0.3) is 0 Å². The summed E-state index contributed by atoms with van der Waals surface area (Å²) in [7, 11) is 0. The molecule has 6 heteroatoms. The van der Waals surface area contributed by atoms with Gasteiger partial charge in [-0.3, -0.25) is 0 Å². The van der Waals surface area contributed by atoms with E-state index in [9.17, 15) is 4.39 Å². The molecule has 0 amide bonds. The number of rotatable bonds is 3. The van der Waals surface area contributed by atoms with E-state index in [-0.39, 0.29) is 5.54 Å². The van der Waals surface area contributed by atoms with E-state index in [0.29, 0.717) is 6.54 Å². The van der Waals surface area contributed by atoms with E-state index >= 15 is 0 Å². The Balaban J connectivity index is 1.98. The fourth-order valence-corrected chi connectivity index (χ4v) is 1.38. The van der Waals surface area contributed by atoms with Crippen LogP contribution in [0.5, 0.6) is 0 Å². The Kier molecular flexibility index (Phi) is 3.27. The van der Waals surface area contributed by atoms with Crippen molar-refractivity contribution in [3.05, 3.63) is 36.2 Å². The van der Waals surface area contributed by atoms with Gasteiger partial charge in [-0.25, -0.2) is 9.67 Å². The molecule has 2 aromatic heterocycles. The predicted octanol–water partition coefficient (Wildman–Crippen LogP) is 2.18. The molecule has 2 heterocycles. The van der Waals surface area contributed by atoms with Crippen molar-refractivity contribution in [1.29, 1.82) is 0 Å². The van der Waals surface area contributed by atoms with Crippen molar-refractivity contribution in [1.82, 2.24) is 20.0 Å². The molecule has 1 N–H and O–H groups in total. The van der Waals surface area contributed by atoms with Crippen molar-refractivity contribution >= 4 is 5.69 Å². The van der Waals surface area contributed by atoms with Crippen LogP contribution in [-0.4, -0.2) is 20.0 Å². The third-order valence-corrected chi connectivity index (χ3v) is 2.43. The molecule has 2 rings (SSSR count). The van der Waals surface area contributed by atoms with Gasteiger partial charge in [-0.2, -0.15) is 4.39 Å². The summed E-state index contributed by atoms with van der Waals surface area (Å²) in [6, 6.07) is 2.95. The molecular formula is C12H16FN5. The Morgan fingerprint density at radius 3 is 2.67 bits per heavy atom. The van der Waals surface area contributed by atoms with E-state index in [1.54, 1.807) is 6.07 Å². The molecule has 0 radical (unpaired) electrons. The topological polar surface area (TPSA) is 55.6 Å². The first-order valence-electron chi connectivity index (χ1n) is 5.72. The molecule has 0 spiro atoms. The minimum absolute atomic E-state index is 0.0807. The molecule has 0 fully saturated rings. The van der Waals surface area contributed by atoms with Gasteiger partial charge in [-0.15, -0.1) is 5.10 Å². The van der Waals surface area contributed by atoms with Crippen LogP contribution in [0.2, 0.25) is 0 Å². The highest BCUT2D eigenvalue weighted by molar-refractivity contribution is 5.39. The van der Waals surface area contributed by atoms with E-state index in [4.69, 9.17) is 0 Å². The third-order valence-electron chi connectivity index (χ3n) is 2.43. The number of nitrogens with one attached hydrogen (secondary N) is 1. The summed E-state index contributed by atoms with van der Waals surface area (Å²) >= 11 is 0. The van der Waals surface area contributed by atoms with Crippen LogP contribution in [0, 0.1) is 5.95 Å². The van der Waals surface area contributed by atoms with Crippen LogP contribution in [0.15, 0.2) is 24.5 Å². The van der Waals surface area contributed by atoms with Gasteiger partial charge in [0.1, 0.15) is 5.69 Å². The molecule has 0 aliphatic carbocycles. The van der Waals surface area contributed by atoms with Gasteiger partial charge < -0.3 is 5.32 Å². The Morgan fingerprint density at radius 1 is 1.33 bits per heavy atom. The summed E-state index contributed by atoms with van der Waals surface area (Å²) in [6.07, 6.45) is 3.34. The zero-order valence-corrected chi connectivity index (χ0v) is 10.7. The number of hydrogen-bond donors (Lipinski definition) is 1. The second kappa shape index (κ2) is 4.72. The van der Waals surface area contributed by atoms with Crippen molar-refractivity contribution in [2.75, 3.05) is 5.32 Å². The average Bonchev–Trinajstić information content (AvgIpc) is 2.77. The first kappa shape index (κ1) is 12.5. The molecule has 0 saturated heterocycles. The van der Waals surface area contributed by atoms with Crippen LogP contribution in [-0.2, 0) is 12.1 Å². The fraction of sp³-hybridized carbons (Fsp3) is 0.417.